The molecule has 116 valence electrons. The molecule has 0 aromatic heterocycles. The summed E-state index contributed by atoms with van der Waals surface area (Å²) in [4.78, 5) is 12.3. The quantitative estimate of drug-likeness (QED) is 0.895. The third-order valence-electron chi connectivity index (χ3n) is 3.68. The highest BCUT2D eigenvalue weighted by Gasteiger charge is 2.16. The molecule has 0 heterocycles. The van der Waals surface area contributed by atoms with Crippen molar-refractivity contribution >= 4 is 11.6 Å². The summed E-state index contributed by atoms with van der Waals surface area (Å²) in [7, 11) is 0. The lowest BCUT2D eigenvalue weighted by atomic mass is 10.1. The highest BCUT2D eigenvalue weighted by Crippen LogP contribution is 2.21. The first-order chi connectivity index (χ1) is 10.5. The molecule has 3 heteroatoms. The van der Waals surface area contributed by atoms with Gasteiger partial charge in [-0.2, -0.15) is 0 Å². The summed E-state index contributed by atoms with van der Waals surface area (Å²) in [6.45, 7) is 7.83. The molecule has 0 radical (unpaired) electrons. The maximum Gasteiger partial charge on any atom is 0.265 e. The molecule has 0 saturated carbocycles. The molecule has 0 unspecified atom stereocenters. The second-order valence-corrected chi connectivity index (χ2v) is 5.53. The molecule has 0 aliphatic rings. The van der Waals surface area contributed by atoms with Crippen molar-refractivity contribution in [1.82, 2.24) is 0 Å². The fraction of sp³-hybridized carbons (Fsp3) is 0.316. The van der Waals surface area contributed by atoms with Gasteiger partial charge in [-0.1, -0.05) is 37.3 Å². The zero-order valence-electron chi connectivity index (χ0n) is 13.6. The van der Waals surface area contributed by atoms with E-state index in [-0.39, 0.29) is 5.91 Å². The van der Waals surface area contributed by atoms with Gasteiger partial charge in [0.2, 0.25) is 0 Å². The minimum Gasteiger partial charge on any atom is -0.481 e. The van der Waals surface area contributed by atoms with Gasteiger partial charge in [-0.05, 0) is 56.0 Å². The van der Waals surface area contributed by atoms with Crippen molar-refractivity contribution in [2.45, 2.75) is 40.2 Å². The highest BCUT2D eigenvalue weighted by molar-refractivity contribution is 5.94. The molecule has 2 aromatic rings. The first-order valence-electron chi connectivity index (χ1n) is 7.64. The molecule has 1 N–H and O–H groups in total. The molecule has 0 bridgehead atoms. The average Bonchev–Trinajstić information content (AvgIpc) is 2.51. The zero-order chi connectivity index (χ0) is 16.1. The molecular formula is C19H23NO2. The monoisotopic (exact) mass is 297 g/mol. The fourth-order valence-electron chi connectivity index (χ4n) is 2.26. The van der Waals surface area contributed by atoms with Crippen molar-refractivity contribution in [3.63, 3.8) is 0 Å². The Morgan fingerprint density at radius 3 is 2.64 bits per heavy atom. The number of aryl methyl sites for hydroxylation is 3. The SMILES string of the molecule is CCc1ccccc1O[C@H](C)C(=O)Nc1cc(C)ccc1C. The Labute approximate surface area is 132 Å². The van der Waals surface area contributed by atoms with E-state index in [0.717, 1.165) is 34.5 Å². The number of hydrogen-bond acceptors (Lipinski definition) is 2. The van der Waals surface area contributed by atoms with Gasteiger partial charge in [0.1, 0.15) is 5.75 Å². The number of ether oxygens (including phenoxy) is 1. The number of benzene rings is 2. The summed E-state index contributed by atoms with van der Waals surface area (Å²) < 4.78 is 5.83. The van der Waals surface area contributed by atoms with Gasteiger partial charge in [0.25, 0.3) is 5.91 Å². The van der Waals surface area contributed by atoms with E-state index in [1.807, 2.05) is 56.3 Å². The van der Waals surface area contributed by atoms with E-state index in [2.05, 4.69) is 12.2 Å². The molecule has 0 saturated heterocycles. The van der Waals surface area contributed by atoms with E-state index in [1.54, 1.807) is 6.92 Å². The summed E-state index contributed by atoms with van der Waals surface area (Å²) in [6, 6.07) is 13.8. The maximum atomic E-state index is 12.3. The zero-order valence-corrected chi connectivity index (χ0v) is 13.6. The van der Waals surface area contributed by atoms with Gasteiger partial charge in [-0.25, -0.2) is 0 Å². The van der Waals surface area contributed by atoms with Gasteiger partial charge in [0.15, 0.2) is 6.10 Å². The fourth-order valence-corrected chi connectivity index (χ4v) is 2.26. The topological polar surface area (TPSA) is 38.3 Å². The summed E-state index contributed by atoms with van der Waals surface area (Å²) in [5.74, 6) is 0.633. The lowest BCUT2D eigenvalue weighted by molar-refractivity contribution is -0.122. The first-order valence-corrected chi connectivity index (χ1v) is 7.64. The molecule has 0 fully saturated rings. The van der Waals surface area contributed by atoms with E-state index >= 15 is 0 Å². The van der Waals surface area contributed by atoms with Gasteiger partial charge in [0, 0.05) is 5.69 Å². The molecule has 3 nitrogen and oxygen atoms in total. The molecular weight excluding hydrogens is 274 g/mol. The van der Waals surface area contributed by atoms with Crippen LogP contribution in [-0.2, 0) is 11.2 Å². The minimum absolute atomic E-state index is 0.139. The molecule has 1 amide bonds. The predicted octanol–water partition coefficient (Wildman–Crippen LogP) is 4.27. The Morgan fingerprint density at radius 1 is 1.18 bits per heavy atom. The van der Waals surface area contributed by atoms with Gasteiger partial charge in [0.05, 0.1) is 0 Å². The Bertz CT molecular complexity index is 664. The summed E-state index contributed by atoms with van der Waals surface area (Å²) in [5, 5.41) is 2.94. The number of amides is 1. The number of carbonyl (C=O) groups excluding carboxylic acids is 1. The van der Waals surface area contributed by atoms with Crippen LogP contribution in [0.3, 0.4) is 0 Å². The van der Waals surface area contributed by atoms with Crippen LogP contribution < -0.4 is 10.1 Å². The van der Waals surface area contributed by atoms with Crippen LogP contribution in [0, 0.1) is 13.8 Å². The van der Waals surface area contributed by atoms with Gasteiger partial charge < -0.3 is 10.1 Å². The van der Waals surface area contributed by atoms with E-state index in [1.165, 1.54) is 0 Å². The molecule has 0 aliphatic carbocycles. The number of nitrogens with one attached hydrogen (secondary N) is 1. The van der Waals surface area contributed by atoms with E-state index < -0.39 is 6.10 Å². The lowest BCUT2D eigenvalue weighted by Crippen LogP contribution is -2.30. The maximum absolute atomic E-state index is 12.3. The molecule has 22 heavy (non-hydrogen) atoms. The largest absolute Gasteiger partial charge is 0.481 e. The van der Waals surface area contributed by atoms with Crippen molar-refractivity contribution in [2.75, 3.05) is 5.32 Å². The van der Waals surface area contributed by atoms with Gasteiger partial charge in [-0.3, -0.25) is 4.79 Å². The average molecular weight is 297 g/mol. The van der Waals surface area contributed by atoms with Crippen molar-refractivity contribution < 1.29 is 9.53 Å². The van der Waals surface area contributed by atoms with Crippen molar-refractivity contribution in [3.8, 4) is 5.75 Å². The van der Waals surface area contributed by atoms with Crippen LogP contribution in [0.25, 0.3) is 0 Å². The second-order valence-electron chi connectivity index (χ2n) is 5.53. The van der Waals surface area contributed by atoms with Crippen LogP contribution in [0.5, 0.6) is 5.75 Å². The third-order valence-corrected chi connectivity index (χ3v) is 3.68. The molecule has 0 aliphatic heterocycles. The van der Waals surface area contributed by atoms with Crippen LogP contribution >= 0.6 is 0 Å². The Kier molecular flexibility index (Phi) is 5.21. The lowest BCUT2D eigenvalue weighted by Gasteiger charge is -2.17. The van der Waals surface area contributed by atoms with Crippen molar-refractivity contribution in [3.05, 3.63) is 59.2 Å². The van der Waals surface area contributed by atoms with E-state index in [9.17, 15) is 4.79 Å². The summed E-state index contributed by atoms with van der Waals surface area (Å²) in [6.07, 6.45) is 0.328. The normalized spacial score (nSPS) is 11.8. The van der Waals surface area contributed by atoms with E-state index in [4.69, 9.17) is 4.74 Å². The van der Waals surface area contributed by atoms with Crippen molar-refractivity contribution in [2.24, 2.45) is 0 Å². The van der Waals surface area contributed by atoms with Crippen LogP contribution in [0.4, 0.5) is 5.69 Å². The smallest absolute Gasteiger partial charge is 0.265 e. The van der Waals surface area contributed by atoms with Crippen LogP contribution in [0.15, 0.2) is 42.5 Å². The second kappa shape index (κ2) is 7.12. The van der Waals surface area contributed by atoms with Crippen molar-refractivity contribution in [1.29, 1.82) is 0 Å². The van der Waals surface area contributed by atoms with Gasteiger partial charge in [-0.15, -0.1) is 0 Å². The Hall–Kier alpha value is -2.29. The predicted molar refractivity (Wildman–Crippen MR) is 90.5 cm³/mol. The molecule has 2 rings (SSSR count). The standard InChI is InChI=1S/C19H23NO2/c1-5-16-8-6-7-9-18(16)22-15(4)19(21)20-17-12-13(2)10-11-14(17)3/h6-12,15H,5H2,1-4H3,(H,20,21)/t15-/m1/s1. The summed E-state index contributed by atoms with van der Waals surface area (Å²) in [5.41, 5.74) is 4.10. The third kappa shape index (κ3) is 3.88. The molecule has 1 atom stereocenters. The van der Waals surface area contributed by atoms with Crippen LogP contribution in [0.1, 0.15) is 30.5 Å². The Balaban J connectivity index is 2.07. The number of hydrogen-bond donors (Lipinski definition) is 1. The van der Waals surface area contributed by atoms with Gasteiger partial charge >= 0.3 is 0 Å². The number of para-hydroxylation sites is 1. The number of rotatable bonds is 5. The molecule has 0 spiro atoms. The number of carbonyl (C=O) groups is 1. The van der Waals surface area contributed by atoms with E-state index in [0.29, 0.717) is 0 Å². The Morgan fingerprint density at radius 2 is 1.91 bits per heavy atom. The number of anilines is 1. The minimum atomic E-state index is -0.549. The van der Waals surface area contributed by atoms with Crippen LogP contribution in [-0.4, -0.2) is 12.0 Å². The first kappa shape index (κ1) is 16.1. The molecule has 2 aromatic carbocycles. The highest BCUT2D eigenvalue weighted by atomic mass is 16.5. The summed E-state index contributed by atoms with van der Waals surface area (Å²) >= 11 is 0. The van der Waals surface area contributed by atoms with Crippen LogP contribution in [0.2, 0.25) is 0 Å².